The Balaban J connectivity index is 1.62. The van der Waals surface area contributed by atoms with E-state index in [1.807, 2.05) is 37.1 Å². The zero-order valence-electron chi connectivity index (χ0n) is 13.7. The Labute approximate surface area is 136 Å². The Morgan fingerprint density at radius 3 is 2.96 bits per heavy atom. The Kier molecular flexibility index (Phi) is 4.55. The fraction of sp³-hybridized carbons (Fsp3) is 0.389. The molecule has 0 atom stereocenters. The average molecular weight is 310 g/mol. The standard InChI is InChI=1S/C18H22N4O/c1-13-17(14(2)21-20-13)7-8-18(23)22-10-4-6-16(12-22)15-5-3-9-19-11-15/h3,5-6,9,11H,4,7-8,10,12H2,1-2H3,(H,20,21). The molecule has 1 amide bonds. The van der Waals surface area contributed by atoms with E-state index in [1.54, 1.807) is 6.20 Å². The Morgan fingerprint density at radius 1 is 1.39 bits per heavy atom. The van der Waals surface area contributed by atoms with Gasteiger partial charge in [0.05, 0.1) is 5.69 Å². The van der Waals surface area contributed by atoms with E-state index in [9.17, 15) is 4.79 Å². The molecule has 3 rings (SSSR count). The molecule has 0 aromatic carbocycles. The molecule has 5 heteroatoms. The first-order valence-electron chi connectivity index (χ1n) is 8.03. The van der Waals surface area contributed by atoms with Gasteiger partial charge in [-0.2, -0.15) is 5.10 Å². The fourth-order valence-corrected chi connectivity index (χ4v) is 3.05. The predicted molar refractivity (Wildman–Crippen MR) is 89.8 cm³/mol. The number of aromatic nitrogens is 3. The normalized spacial score (nSPS) is 14.7. The lowest BCUT2D eigenvalue weighted by Crippen LogP contribution is -2.35. The van der Waals surface area contributed by atoms with Crippen molar-refractivity contribution in [3.63, 3.8) is 0 Å². The SMILES string of the molecule is Cc1n[nH]c(C)c1CCC(=O)N1CCC=C(c2cccnc2)C1. The van der Waals surface area contributed by atoms with Gasteiger partial charge in [-0.1, -0.05) is 12.1 Å². The van der Waals surface area contributed by atoms with Crippen LogP contribution in [0.1, 0.15) is 35.4 Å². The van der Waals surface area contributed by atoms with Gasteiger partial charge in [0.15, 0.2) is 0 Å². The second-order valence-electron chi connectivity index (χ2n) is 5.99. The molecule has 0 saturated heterocycles. The van der Waals surface area contributed by atoms with Crippen LogP contribution in [0.2, 0.25) is 0 Å². The van der Waals surface area contributed by atoms with Crippen molar-refractivity contribution in [3.8, 4) is 0 Å². The van der Waals surface area contributed by atoms with Crippen LogP contribution in [0.4, 0.5) is 0 Å². The number of pyridine rings is 1. The highest BCUT2D eigenvalue weighted by atomic mass is 16.2. The molecule has 1 N–H and O–H groups in total. The van der Waals surface area contributed by atoms with Gasteiger partial charge in [-0.3, -0.25) is 14.9 Å². The van der Waals surface area contributed by atoms with Gasteiger partial charge in [0, 0.05) is 37.6 Å². The van der Waals surface area contributed by atoms with Crippen molar-refractivity contribution >= 4 is 11.5 Å². The summed E-state index contributed by atoms with van der Waals surface area (Å²) in [6.07, 6.45) is 8.02. The number of nitrogens with zero attached hydrogens (tertiary/aromatic N) is 3. The van der Waals surface area contributed by atoms with Crippen molar-refractivity contribution in [3.05, 3.63) is 53.1 Å². The maximum Gasteiger partial charge on any atom is 0.223 e. The van der Waals surface area contributed by atoms with E-state index in [1.165, 1.54) is 11.1 Å². The van der Waals surface area contributed by atoms with Crippen molar-refractivity contribution in [1.82, 2.24) is 20.1 Å². The van der Waals surface area contributed by atoms with Crippen LogP contribution >= 0.6 is 0 Å². The Hall–Kier alpha value is -2.43. The monoisotopic (exact) mass is 310 g/mol. The molecule has 1 aliphatic rings. The maximum absolute atomic E-state index is 12.5. The topological polar surface area (TPSA) is 61.9 Å². The van der Waals surface area contributed by atoms with Gasteiger partial charge in [-0.15, -0.1) is 0 Å². The lowest BCUT2D eigenvalue weighted by atomic mass is 10.0. The number of nitrogens with one attached hydrogen (secondary N) is 1. The first-order chi connectivity index (χ1) is 11.1. The van der Waals surface area contributed by atoms with E-state index in [4.69, 9.17) is 0 Å². The molecule has 0 saturated carbocycles. The van der Waals surface area contributed by atoms with Crippen LogP contribution in [-0.4, -0.2) is 39.1 Å². The van der Waals surface area contributed by atoms with E-state index >= 15 is 0 Å². The Morgan fingerprint density at radius 2 is 2.26 bits per heavy atom. The highest BCUT2D eigenvalue weighted by Gasteiger charge is 2.19. The second kappa shape index (κ2) is 6.77. The molecule has 3 heterocycles. The summed E-state index contributed by atoms with van der Waals surface area (Å²) in [5.41, 5.74) is 5.51. The van der Waals surface area contributed by atoms with Gasteiger partial charge in [-0.25, -0.2) is 0 Å². The third-order valence-electron chi connectivity index (χ3n) is 4.41. The van der Waals surface area contributed by atoms with Crippen molar-refractivity contribution in [2.24, 2.45) is 0 Å². The van der Waals surface area contributed by atoms with E-state index < -0.39 is 0 Å². The first kappa shape index (κ1) is 15.5. The number of rotatable bonds is 4. The summed E-state index contributed by atoms with van der Waals surface area (Å²) in [5, 5.41) is 7.17. The van der Waals surface area contributed by atoms with E-state index in [2.05, 4.69) is 21.3 Å². The van der Waals surface area contributed by atoms with Gasteiger partial charge in [0.25, 0.3) is 0 Å². The van der Waals surface area contributed by atoms with Crippen molar-refractivity contribution in [2.75, 3.05) is 13.1 Å². The van der Waals surface area contributed by atoms with Gasteiger partial charge in [0.2, 0.25) is 5.91 Å². The Bertz CT molecular complexity index is 698. The minimum absolute atomic E-state index is 0.208. The average Bonchev–Trinajstić information content (AvgIpc) is 2.92. The summed E-state index contributed by atoms with van der Waals surface area (Å²) >= 11 is 0. The van der Waals surface area contributed by atoms with Crippen LogP contribution < -0.4 is 0 Å². The molecular weight excluding hydrogens is 288 g/mol. The summed E-state index contributed by atoms with van der Waals surface area (Å²) < 4.78 is 0. The quantitative estimate of drug-likeness (QED) is 0.944. The molecule has 2 aromatic rings. The van der Waals surface area contributed by atoms with E-state index in [0.29, 0.717) is 13.0 Å². The first-order valence-corrected chi connectivity index (χ1v) is 8.03. The second-order valence-corrected chi connectivity index (χ2v) is 5.99. The molecule has 0 aliphatic carbocycles. The molecule has 0 spiro atoms. The van der Waals surface area contributed by atoms with Gasteiger partial charge >= 0.3 is 0 Å². The smallest absolute Gasteiger partial charge is 0.223 e. The molecule has 2 aromatic heterocycles. The lowest BCUT2D eigenvalue weighted by Gasteiger charge is -2.27. The molecule has 23 heavy (non-hydrogen) atoms. The molecular formula is C18H22N4O. The van der Waals surface area contributed by atoms with Gasteiger partial charge in [0.1, 0.15) is 0 Å². The highest BCUT2D eigenvalue weighted by Crippen LogP contribution is 2.21. The van der Waals surface area contributed by atoms with E-state index in [-0.39, 0.29) is 5.91 Å². The molecule has 1 aliphatic heterocycles. The number of carbonyl (C=O) groups is 1. The predicted octanol–water partition coefficient (Wildman–Crippen LogP) is 2.67. The van der Waals surface area contributed by atoms with Crippen molar-refractivity contribution in [2.45, 2.75) is 33.1 Å². The largest absolute Gasteiger partial charge is 0.338 e. The number of carbonyl (C=O) groups excluding carboxylic acids is 1. The van der Waals surface area contributed by atoms with Gasteiger partial charge in [-0.05, 0) is 49.5 Å². The zero-order chi connectivity index (χ0) is 16.2. The summed E-state index contributed by atoms with van der Waals surface area (Å²) in [7, 11) is 0. The van der Waals surface area contributed by atoms with Crippen LogP contribution in [0, 0.1) is 13.8 Å². The maximum atomic E-state index is 12.5. The molecule has 120 valence electrons. The summed E-state index contributed by atoms with van der Waals surface area (Å²) in [5.74, 6) is 0.208. The summed E-state index contributed by atoms with van der Waals surface area (Å²) in [6.45, 7) is 5.46. The minimum atomic E-state index is 0.208. The number of hydrogen-bond donors (Lipinski definition) is 1. The molecule has 0 unspecified atom stereocenters. The number of aromatic amines is 1. The molecule has 0 radical (unpaired) electrons. The van der Waals surface area contributed by atoms with E-state index in [0.717, 1.165) is 36.3 Å². The summed E-state index contributed by atoms with van der Waals surface area (Å²) in [4.78, 5) is 18.7. The zero-order valence-corrected chi connectivity index (χ0v) is 13.7. The van der Waals surface area contributed by atoms with Crippen molar-refractivity contribution < 1.29 is 4.79 Å². The fourth-order valence-electron chi connectivity index (χ4n) is 3.05. The van der Waals surface area contributed by atoms with Crippen LogP contribution in [0.15, 0.2) is 30.6 Å². The number of H-pyrrole nitrogens is 1. The van der Waals surface area contributed by atoms with Crippen LogP contribution in [0.25, 0.3) is 5.57 Å². The molecule has 0 fully saturated rings. The third-order valence-corrected chi connectivity index (χ3v) is 4.41. The lowest BCUT2D eigenvalue weighted by molar-refractivity contribution is -0.130. The van der Waals surface area contributed by atoms with Crippen LogP contribution in [0.5, 0.6) is 0 Å². The number of hydrogen-bond acceptors (Lipinski definition) is 3. The highest BCUT2D eigenvalue weighted by molar-refractivity contribution is 5.80. The molecule has 5 nitrogen and oxygen atoms in total. The van der Waals surface area contributed by atoms with Gasteiger partial charge < -0.3 is 4.90 Å². The number of aryl methyl sites for hydroxylation is 2. The van der Waals surface area contributed by atoms with Crippen LogP contribution in [0.3, 0.4) is 0 Å². The minimum Gasteiger partial charge on any atom is -0.338 e. The van der Waals surface area contributed by atoms with Crippen LogP contribution in [-0.2, 0) is 11.2 Å². The molecule has 0 bridgehead atoms. The summed E-state index contributed by atoms with van der Waals surface area (Å²) in [6, 6.07) is 3.98. The third kappa shape index (κ3) is 3.50. The number of amides is 1. The van der Waals surface area contributed by atoms with Crippen molar-refractivity contribution in [1.29, 1.82) is 0 Å².